The van der Waals surface area contributed by atoms with Crippen LogP contribution < -0.4 is 5.32 Å². The number of halogens is 1. The predicted octanol–water partition coefficient (Wildman–Crippen LogP) is 3.52. The van der Waals surface area contributed by atoms with Crippen molar-refractivity contribution in [3.8, 4) is 0 Å². The molecule has 0 saturated heterocycles. The summed E-state index contributed by atoms with van der Waals surface area (Å²) in [6, 6.07) is 6.63. The lowest BCUT2D eigenvalue weighted by Gasteiger charge is -2.16. The topological polar surface area (TPSA) is 41.0 Å². The van der Waals surface area contributed by atoms with Crippen LogP contribution in [-0.4, -0.2) is 34.4 Å². The first-order chi connectivity index (χ1) is 10.3. The molecular weight excluding hydrogens is 299 g/mol. The Bertz CT molecular complexity index is 589. The minimum Gasteiger partial charge on any atom is -0.359 e. The molecule has 2 rings (SSSR count). The number of benzene rings is 1. The predicted molar refractivity (Wildman–Crippen MR) is 89.8 cm³/mol. The molecule has 0 aliphatic heterocycles. The highest BCUT2D eigenvalue weighted by Crippen LogP contribution is 2.22. The van der Waals surface area contributed by atoms with Crippen LogP contribution in [0, 0.1) is 5.82 Å². The first-order valence-electron chi connectivity index (χ1n) is 7.35. The molecule has 1 aromatic carbocycles. The summed E-state index contributed by atoms with van der Waals surface area (Å²) in [5.41, 5.74) is 1.09. The van der Waals surface area contributed by atoms with Crippen molar-refractivity contribution < 1.29 is 4.39 Å². The van der Waals surface area contributed by atoms with Gasteiger partial charge in [-0.3, -0.25) is 0 Å². The molecule has 0 aliphatic rings. The second-order valence-electron chi connectivity index (χ2n) is 6.46. The number of hydrogen-bond donors (Lipinski definition) is 1. The molecule has 0 amide bonds. The summed E-state index contributed by atoms with van der Waals surface area (Å²) in [6.07, 6.45) is 0. The van der Waals surface area contributed by atoms with Gasteiger partial charge in [0.1, 0.15) is 11.6 Å². The summed E-state index contributed by atoms with van der Waals surface area (Å²) < 4.78 is 17.2. The van der Waals surface area contributed by atoms with Gasteiger partial charge in [-0.05, 0) is 24.7 Å². The Balaban J connectivity index is 1.76. The molecule has 0 spiro atoms. The number of aromatic nitrogens is 2. The number of anilines is 1. The average molecular weight is 322 g/mol. The van der Waals surface area contributed by atoms with Crippen LogP contribution in [0.15, 0.2) is 24.3 Å². The standard InChI is InChI=1S/C16H23FN4S/c1-16(2,3)14-19-15(22-20-14)18-9-10-21(4)11-12-5-7-13(17)8-6-12/h5-8H,9-11H2,1-4H3,(H,18,19,20). The van der Waals surface area contributed by atoms with Crippen LogP contribution in [0.2, 0.25) is 0 Å². The molecule has 0 aliphatic carbocycles. The molecule has 120 valence electrons. The zero-order valence-corrected chi connectivity index (χ0v) is 14.4. The van der Waals surface area contributed by atoms with E-state index in [1.165, 1.54) is 23.7 Å². The fourth-order valence-electron chi connectivity index (χ4n) is 1.93. The molecule has 4 nitrogen and oxygen atoms in total. The van der Waals surface area contributed by atoms with Crippen molar-refractivity contribution in [2.24, 2.45) is 0 Å². The van der Waals surface area contributed by atoms with Gasteiger partial charge < -0.3 is 10.2 Å². The van der Waals surface area contributed by atoms with E-state index in [9.17, 15) is 4.39 Å². The van der Waals surface area contributed by atoms with Crippen molar-refractivity contribution >= 4 is 16.7 Å². The Labute approximate surface area is 135 Å². The zero-order chi connectivity index (χ0) is 16.2. The molecule has 0 saturated carbocycles. The zero-order valence-electron chi connectivity index (χ0n) is 13.6. The number of nitrogens with zero attached hydrogens (tertiary/aromatic N) is 3. The second-order valence-corrected chi connectivity index (χ2v) is 7.22. The van der Waals surface area contributed by atoms with Crippen LogP contribution in [0.25, 0.3) is 0 Å². The lowest BCUT2D eigenvalue weighted by atomic mass is 9.96. The van der Waals surface area contributed by atoms with E-state index < -0.39 is 0 Å². The molecule has 1 aromatic heterocycles. The molecule has 0 unspecified atom stereocenters. The maximum Gasteiger partial charge on any atom is 0.202 e. The molecule has 0 radical (unpaired) electrons. The van der Waals surface area contributed by atoms with Crippen LogP contribution in [0.3, 0.4) is 0 Å². The number of likely N-dealkylation sites (N-methyl/N-ethyl adjacent to an activating group) is 1. The molecule has 22 heavy (non-hydrogen) atoms. The van der Waals surface area contributed by atoms with Crippen molar-refractivity contribution in [3.05, 3.63) is 41.5 Å². The Kier molecular flexibility index (Phi) is 5.47. The minimum absolute atomic E-state index is 0.0181. The third kappa shape index (κ3) is 5.03. The summed E-state index contributed by atoms with van der Waals surface area (Å²) in [4.78, 5) is 6.69. The van der Waals surface area contributed by atoms with E-state index >= 15 is 0 Å². The van der Waals surface area contributed by atoms with E-state index in [2.05, 4.69) is 40.3 Å². The van der Waals surface area contributed by atoms with Crippen molar-refractivity contribution in [2.45, 2.75) is 32.7 Å². The molecule has 1 N–H and O–H groups in total. The van der Waals surface area contributed by atoms with Crippen molar-refractivity contribution in [1.29, 1.82) is 0 Å². The van der Waals surface area contributed by atoms with Crippen LogP contribution >= 0.6 is 11.5 Å². The highest BCUT2D eigenvalue weighted by atomic mass is 32.1. The quantitative estimate of drug-likeness (QED) is 0.883. The summed E-state index contributed by atoms with van der Waals surface area (Å²) in [5.74, 6) is 0.679. The molecule has 6 heteroatoms. The van der Waals surface area contributed by atoms with Crippen LogP contribution in [0.5, 0.6) is 0 Å². The largest absolute Gasteiger partial charge is 0.359 e. The van der Waals surface area contributed by atoms with E-state index in [1.54, 1.807) is 0 Å². The Hall–Kier alpha value is -1.53. The van der Waals surface area contributed by atoms with E-state index in [0.29, 0.717) is 0 Å². The second kappa shape index (κ2) is 7.15. The van der Waals surface area contributed by atoms with Gasteiger partial charge in [0.05, 0.1) is 0 Å². The maximum atomic E-state index is 12.9. The molecule has 0 bridgehead atoms. The first kappa shape index (κ1) is 16.8. The summed E-state index contributed by atoms with van der Waals surface area (Å²) in [6.45, 7) is 8.80. The van der Waals surface area contributed by atoms with Crippen LogP contribution in [0.1, 0.15) is 32.2 Å². The van der Waals surface area contributed by atoms with Gasteiger partial charge in [0, 0.05) is 36.6 Å². The number of hydrogen-bond acceptors (Lipinski definition) is 5. The molecule has 2 aromatic rings. The fraction of sp³-hybridized carbons (Fsp3) is 0.500. The van der Waals surface area contributed by atoms with Gasteiger partial charge in [-0.1, -0.05) is 32.9 Å². The van der Waals surface area contributed by atoms with Gasteiger partial charge in [-0.25, -0.2) is 9.37 Å². The third-order valence-electron chi connectivity index (χ3n) is 3.23. The van der Waals surface area contributed by atoms with Gasteiger partial charge in [-0.15, -0.1) is 0 Å². The highest BCUT2D eigenvalue weighted by Gasteiger charge is 2.19. The Morgan fingerprint density at radius 1 is 1.23 bits per heavy atom. The smallest absolute Gasteiger partial charge is 0.202 e. The lowest BCUT2D eigenvalue weighted by molar-refractivity contribution is 0.340. The highest BCUT2D eigenvalue weighted by molar-refractivity contribution is 7.09. The van der Waals surface area contributed by atoms with Gasteiger partial charge in [0.2, 0.25) is 5.13 Å². The normalized spacial score (nSPS) is 11.9. The summed E-state index contributed by atoms with van der Waals surface area (Å²) >= 11 is 1.40. The third-order valence-corrected chi connectivity index (χ3v) is 3.91. The van der Waals surface area contributed by atoms with Crippen LogP contribution in [-0.2, 0) is 12.0 Å². The van der Waals surface area contributed by atoms with Gasteiger partial charge >= 0.3 is 0 Å². The van der Waals surface area contributed by atoms with E-state index in [4.69, 9.17) is 0 Å². The molecule has 0 atom stereocenters. The number of nitrogens with one attached hydrogen (secondary N) is 1. The fourth-order valence-corrected chi connectivity index (χ4v) is 2.72. The van der Waals surface area contributed by atoms with E-state index in [1.807, 2.05) is 19.2 Å². The van der Waals surface area contributed by atoms with Gasteiger partial charge in [0.15, 0.2) is 0 Å². The van der Waals surface area contributed by atoms with Crippen LogP contribution in [0.4, 0.5) is 9.52 Å². The maximum absolute atomic E-state index is 12.9. The van der Waals surface area contributed by atoms with Crippen molar-refractivity contribution in [2.75, 3.05) is 25.5 Å². The summed E-state index contributed by atoms with van der Waals surface area (Å²) in [5, 5.41) is 4.17. The molecule has 1 heterocycles. The summed E-state index contributed by atoms with van der Waals surface area (Å²) in [7, 11) is 2.05. The van der Waals surface area contributed by atoms with Crippen molar-refractivity contribution in [3.63, 3.8) is 0 Å². The van der Waals surface area contributed by atoms with Crippen molar-refractivity contribution in [1.82, 2.24) is 14.3 Å². The SMILES string of the molecule is CN(CCNc1nc(C(C)(C)C)ns1)Cc1ccc(F)cc1. The average Bonchev–Trinajstić information content (AvgIpc) is 2.90. The van der Waals surface area contributed by atoms with Gasteiger partial charge in [0.25, 0.3) is 0 Å². The van der Waals surface area contributed by atoms with E-state index in [-0.39, 0.29) is 11.2 Å². The molecular formula is C16H23FN4S. The Morgan fingerprint density at radius 2 is 1.91 bits per heavy atom. The van der Waals surface area contributed by atoms with Gasteiger partial charge in [-0.2, -0.15) is 4.37 Å². The monoisotopic (exact) mass is 322 g/mol. The number of rotatable bonds is 6. The lowest BCUT2D eigenvalue weighted by Crippen LogP contribution is -2.24. The minimum atomic E-state index is -0.195. The van der Waals surface area contributed by atoms with E-state index in [0.717, 1.165) is 36.2 Å². The molecule has 0 fully saturated rings. The Morgan fingerprint density at radius 3 is 2.50 bits per heavy atom. The first-order valence-corrected chi connectivity index (χ1v) is 8.13.